The zero-order chi connectivity index (χ0) is 17.9. The lowest BCUT2D eigenvalue weighted by Gasteiger charge is -2.24. The highest BCUT2D eigenvalue weighted by Gasteiger charge is 2.36. The lowest BCUT2D eigenvalue weighted by molar-refractivity contribution is 0.396. The number of rotatable bonds is 6. The van der Waals surface area contributed by atoms with Crippen LogP contribution in [0, 0.1) is 6.92 Å². The van der Waals surface area contributed by atoms with Gasteiger partial charge in [0.1, 0.15) is 5.82 Å². The molecule has 0 saturated carbocycles. The minimum absolute atomic E-state index is 0.140. The standard InChI is InChI=1S/C19H25N3O2S/c1-3-12-20-19-11-8-16(14-21-19)18-5-4-13-22(18)25(23,24)17-9-6-15(2)7-10-17/h6-11,14,18H,3-5,12-13H2,1-2H3,(H,20,21)/t18-/m1/s1. The van der Waals surface area contributed by atoms with E-state index in [1.54, 1.807) is 22.6 Å². The number of hydrogen-bond acceptors (Lipinski definition) is 4. The molecule has 0 unspecified atom stereocenters. The van der Waals surface area contributed by atoms with Crippen molar-refractivity contribution < 1.29 is 8.42 Å². The zero-order valence-electron chi connectivity index (χ0n) is 14.8. The molecule has 1 saturated heterocycles. The Bertz CT molecular complexity index is 802. The molecule has 1 N–H and O–H groups in total. The van der Waals surface area contributed by atoms with Crippen LogP contribution in [0.5, 0.6) is 0 Å². The fourth-order valence-electron chi connectivity index (χ4n) is 3.17. The number of anilines is 1. The van der Waals surface area contributed by atoms with Crippen LogP contribution in [-0.4, -0.2) is 30.8 Å². The average molecular weight is 359 g/mol. The van der Waals surface area contributed by atoms with Gasteiger partial charge in [-0.1, -0.05) is 30.7 Å². The van der Waals surface area contributed by atoms with E-state index in [4.69, 9.17) is 0 Å². The first-order valence-corrected chi connectivity index (χ1v) is 10.2. The van der Waals surface area contributed by atoms with Gasteiger partial charge in [0.15, 0.2) is 0 Å². The number of pyridine rings is 1. The third kappa shape index (κ3) is 3.85. The quantitative estimate of drug-likeness (QED) is 0.853. The summed E-state index contributed by atoms with van der Waals surface area (Å²) >= 11 is 0. The summed E-state index contributed by atoms with van der Waals surface area (Å²) in [6.07, 6.45) is 4.53. The van der Waals surface area contributed by atoms with Crippen LogP contribution in [-0.2, 0) is 10.0 Å². The molecule has 134 valence electrons. The zero-order valence-corrected chi connectivity index (χ0v) is 15.6. The molecule has 1 aliphatic rings. The molecule has 0 bridgehead atoms. The van der Waals surface area contributed by atoms with Gasteiger partial charge in [0.05, 0.1) is 10.9 Å². The Morgan fingerprint density at radius 3 is 2.60 bits per heavy atom. The molecule has 1 fully saturated rings. The largest absolute Gasteiger partial charge is 0.370 e. The normalized spacial score (nSPS) is 18.4. The van der Waals surface area contributed by atoms with Gasteiger partial charge in [0.2, 0.25) is 10.0 Å². The topological polar surface area (TPSA) is 62.3 Å². The van der Waals surface area contributed by atoms with Gasteiger partial charge in [0.25, 0.3) is 0 Å². The molecule has 1 aromatic heterocycles. The second-order valence-electron chi connectivity index (χ2n) is 6.49. The monoisotopic (exact) mass is 359 g/mol. The van der Waals surface area contributed by atoms with E-state index in [2.05, 4.69) is 17.2 Å². The molecule has 0 radical (unpaired) electrons. The maximum Gasteiger partial charge on any atom is 0.243 e. The summed E-state index contributed by atoms with van der Waals surface area (Å²) in [5, 5.41) is 3.24. The predicted octanol–water partition coefficient (Wildman–Crippen LogP) is 3.74. The fourth-order valence-corrected chi connectivity index (χ4v) is 4.85. The molecule has 0 spiro atoms. The first kappa shape index (κ1) is 17.9. The van der Waals surface area contributed by atoms with Crippen LogP contribution in [0.2, 0.25) is 0 Å². The summed E-state index contributed by atoms with van der Waals surface area (Å²) < 4.78 is 27.7. The van der Waals surface area contributed by atoms with Crippen molar-refractivity contribution in [1.29, 1.82) is 0 Å². The number of hydrogen-bond donors (Lipinski definition) is 1. The van der Waals surface area contributed by atoms with Gasteiger partial charge >= 0.3 is 0 Å². The van der Waals surface area contributed by atoms with Crippen LogP contribution in [0.3, 0.4) is 0 Å². The van der Waals surface area contributed by atoms with Crippen LogP contribution in [0.1, 0.15) is 43.4 Å². The Morgan fingerprint density at radius 1 is 1.20 bits per heavy atom. The number of aryl methyl sites for hydroxylation is 1. The molecule has 2 aromatic rings. The SMILES string of the molecule is CCCNc1ccc([C@H]2CCCN2S(=O)(=O)c2ccc(C)cc2)cn1. The molecule has 5 nitrogen and oxygen atoms in total. The lowest BCUT2D eigenvalue weighted by Crippen LogP contribution is -2.30. The summed E-state index contributed by atoms with van der Waals surface area (Å²) in [6, 6.07) is 10.8. The minimum Gasteiger partial charge on any atom is -0.370 e. The number of nitrogens with one attached hydrogen (secondary N) is 1. The molecule has 0 amide bonds. The van der Waals surface area contributed by atoms with Gasteiger partial charge in [0, 0.05) is 19.3 Å². The van der Waals surface area contributed by atoms with Crippen molar-refractivity contribution in [2.75, 3.05) is 18.4 Å². The fraction of sp³-hybridized carbons (Fsp3) is 0.421. The molecule has 25 heavy (non-hydrogen) atoms. The average Bonchev–Trinajstić information content (AvgIpc) is 3.11. The van der Waals surface area contributed by atoms with E-state index in [0.717, 1.165) is 42.8 Å². The van der Waals surface area contributed by atoms with E-state index in [9.17, 15) is 8.42 Å². The van der Waals surface area contributed by atoms with Crippen molar-refractivity contribution in [3.63, 3.8) is 0 Å². The summed E-state index contributed by atoms with van der Waals surface area (Å²) in [7, 11) is -3.49. The van der Waals surface area contributed by atoms with E-state index < -0.39 is 10.0 Å². The second-order valence-corrected chi connectivity index (χ2v) is 8.38. The molecule has 1 aliphatic heterocycles. The number of aromatic nitrogens is 1. The Kier molecular flexibility index (Phi) is 5.39. The van der Waals surface area contributed by atoms with Gasteiger partial charge < -0.3 is 5.32 Å². The molecular formula is C19H25N3O2S. The molecule has 1 aromatic carbocycles. The Labute approximate surface area is 150 Å². The number of nitrogens with zero attached hydrogens (tertiary/aromatic N) is 2. The van der Waals surface area contributed by atoms with Crippen molar-refractivity contribution in [3.05, 3.63) is 53.7 Å². The third-order valence-electron chi connectivity index (χ3n) is 4.56. The van der Waals surface area contributed by atoms with Crippen LogP contribution in [0.4, 0.5) is 5.82 Å². The molecule has 3 rings (SSSR count). The van der Waals surface area contributed by atoms with Gasteiger partial charge in [-0.05, 0) is 49.9 Å². The van der Waals surface area contributed by atoms with Gasteiger partial charge in [-0.3, -0.25) is 0 Å². The van der Waals surface area contributed by atoms with Crippen LogP contribution < -0.4 is 5.32 Å². The molecule has 2 heterocycles. The van der Waals surface area contributed by atoms with Gasteiger partial charge in [-0.15, -0.1) is 0 Å². The number of sulfonamides is 1. The molecular weight excluding hydrogens is 334 g/mol. The second kappa shape index (κ2) is 7.54. The van der Waals surface area contributed by atoms with E-state index in [1.165, 1.54) is 0 Å². The summed E-state index contributed by atoms with van der Waals surface area (Å²) in [6.45, 7) is 5.49. The van der Waals surface area contributed by atoms with Crippen LogP contribution >= 0.6 is 0 Å². The van der Waals surface area contributed by atoms with E-state index >= 15 is 0 Å². The highest BCUT2D eigenvalue weighted by Crippen LogP contribution is 2.36. The van der Waals surface area contributed by atoms with Crippen molar-refractivity contribution in [2.24, 2.45) is 0 Å². The maximum atomic E-state index is 13.0. The van der Waals surface area contributed by atoms with E-state index in [1.807, 2.05) is 31.2 Å². The minimum atomic E-state index is -3.49. The molecule has 1 atom stereocenters. The van der Waals surface area contributed by atoms with Crippen molar-refractivity contribution >= 4 is 15.8 Å². The summed E-state index contributed by atoms with van der Waals surface area (Å²) in [4.78, 5) is 4.79. The first-order valence-electron chi connectivity index (χ1n) is 8.80. The van der Waals surface area contributed by atoms with Crippen molar-refractivity contribution in [3.8, 4) is 0 Å². The van der Waals surface area contributed by atoms with Crippen LogP contribution in [0.15, 0.2) is 47.5 Å². The van der Waals surface area contributed by atoms with E-state index in [0.29, 0.717) is 11.4 Å². The van der Waals surface area contributed by atoms with E-state index in [-0.39, 0.29) is 6.04 Å². The Morgan fingerprint density at radius 2 is 1.96 bits per heavy atom. The van der Waals surface area contributed by atoms with Gasteiger partial charge in [-0.25, -0.2) is 13.4 Å². The van der Waals surface area contributed by atoms with Crippen molar-refractivity contribution in [2.45, 2.75) is 44.0 Å². The summed E-state index contributed by atoms with van der Waals surface area (Å²) in [5.74, 6) is 0.830. The number of benzene rings is 1. The third-order valence-corrected chi connectivity index (χ3v) is 6.48. The van der Waals surface area contributed by atoms with Crippen LogP contribution in [0.25, 0.3) is 0 Å². The molecule has 6 heteroatoms. The predicted molar refractivity (Wildman–Crippen MR) is 100 cm³/mol. The Hall–Kier alpha value is -1.92. The maximum absolute atomic E-state index is 13.0. The highest BCUT2D eigenvalue weighted by atomic mass is 32.2. The summed E-state index contributed by atoms with van der Waals surface area (Å²) in [5.41, 5.74) is 2.01. The Balaban J connectivity index is 1.83. The lowest BCUT2D eigenvalue weighted by atomic mass is 10.1. The highest BCUT2D eigenvalue weighted by molar-refractivity contribution is 7.89. The van der Waals surface area contributed by atoms with Crippen molar-refractivity contribution in [1.82, 2.24) is 9.29 Å². The first-order chi connectivity index (χ1) is 12.0. The molecule has 0 aliphatic carbocycles. The van der Waals surface area contributed by atoms with Gasteiger partial charge in [-0.2, -0.15) is 4.31 Å². The smallest absolute Gasteiger partial charge is 0.243 e.